The average Bonchev–Trinajstić information content (AvgIpc) is 2.30. The molecular formula is C12H18O4. The maximum atomic E-state index is 11.6. The van der Waals surface area contributed by atoms with Crippen LogP contribution in [0.3, 0.4) is 0 Å². The Morgan fingerprint density at radius 3 is 1.75 bits per heavy atom. The lowest BCUT2D eigenvalue weighted by molar-refractivity contribution is -0.237. The van der Waals surface area contributed by atoms with Gasteiger partial charge in [-0.2, -0.15) is 0 Å². The van der Waals surface area contributed by atoms with Crippen molar-refractivity contribution in [2.24, 2.45) is 0 Å². The van der Waals surface area contributed by atoms with Gasteiger partial charge in [-0.15, -0.1) is 0 Å². The van der Waals surface area contributed by atoms with Gasteiger partial charge in [0, 0.05) is 25.7 Å². The lowest BCUT2D eigenvalue weighted by Crippen LogP contribution is -2.41. The van der Waals surface area contributed by atoms with Crippen molar-refractivity contribution in [3.05, 3.63) is 0 Å². The van der Waals surface area contributed by atoms with E-state index in [-0.39, 0.29) is 11.9 Å². The Labute approximate surface area is 95.3 Å². The monoisotopic (exact) mass is 226 g/mol. The molecule has 2 fully saturated rings. The molecule has 1 heterocycles. The highest BCUT2D eigenvalue weighted by Crippen LogP contribution is 2.34. The maximum absolute atomic E-state index is 11.6. The summed E-state index contributed by atoms with van der Waals surface area (Å²) in [6, 6.07) is 0. The second kappa shape index (κ2) is 4.85. The van der Waals surface area contributed by atoms with Crippen LogP contribution in [0.2, 0.25) is 0 Å². The van der Waals surface area contributed by atoms with Crippen LogP contribution in [0, 0.1) is 0 Å². The van der Waals surface area contributed by atoms with Crippen LogP contribution < -0.4 is 0 Å². The van der Waals surface area contributed by atoms with Crippen LogP contribution in [0.25, 0.3) is 0 Å². The molecular weight excluding hydrogens is 208 g/mol. The molecule has 1 aliphatic heterocycles. The highest BCUT2D eigenvalue weighted by Gasteiger charge is 2.40. The molecule has 0 radical (unpaired) electrons. The van der Waals surface area contributed by atoms with Gasteiger partial charge in [-0.05, 0) is 25.7 Å². The van der Waals surface area contributed by atoms with Crippen LogP contribution in [-0.2, 0) is 19.1 Å². The Morgan fingerprint density at radius 1 is 0.750 bits per heavy atom. The molecule has 1 spiro atoms. The number of carbonyl (C=O) groups is 2. The van der Waals surface area contributed by atoms with E-state index < -0.39 is 5.79 Å². The molecule has 16 heavy (non-hydrogen) atoms. The summed E-state index contributed by atoms with van der Waals surface area (Å²) >= 11 is 0. The average molecular weight is 226 g/mol. The van der Waals surface area contributed by atoms with Gasteiger partial charge in [0.2, 0.25) is 0 Å². The molecule has 2 rings (SSSR count). The van der Waals surface area contributed by atoms with Gasteiger partial charge in [0.05, 0.1) is 0 Å². The molecule has 0 aromatic rings. The minimum atomic E-state index is -0.934. The minimum Gasteiger partial charge on any atom is -0.422 e. The summed E-state index contributed by atoms with van der Waals surface area (Å²) in [7, 11) is 0. The van der Waals surface area contributed by atoms with E-state index in [0.29, 0.717) is 38.5 Å². The fraction of sp³-hybridized carbons (Fsp3) is 0.833. The quantitative estimate of drug-likeness (QED) is 0.595. The van der Waals surface area contributed by atoms with E-state index >= 15 is 0 Å². The number of carbonyl (C=O) groups excluding carboxylic acids is 2. The molecule has 0 unspecified atom stereocenters. The first-order valence-electron chi connectivity index (χ1n) is 6.14. The third-order valence-electron chi connectivity index (χ3n) is 3.23. The number of ether oxygens (including phenoxy) is 2. The normalized spacial score (nSPS) is 26.2. The van der Waals surface area contributed by atoms with Gasteiger partial charge in [-0.1, -0.05) is 6.42 Å². The van der Waals surface area contributed by atoms with Crippen molar-refractivity contribution in [3.8, 4) is 0 Å². The maximum Gasteiger partial charge on any atom is 0.309 e. The van der Waals surface area contributed by atoms with E-state index in [1.54, 1.807) is 0 Å². The zero-order valence-electron chi connectivity index (χ0n) is 9.50. The molecule has 0 amide bonds. The minimum absolute atomic E-state index is 0.225. The molecule has 4 nitrogen and oxygen atoms in total. The predicted molar refractivity (Wildman–Crippen MR) is 56.5 cm³/mol. The van der Waals surface area contributed by atoms with E-state index in [4.69, 9.17) is 9.47 Å². The standard InChI is InChI=1S/C12H18O4/c13-10-6-2-3-7-11(14)16-12(15-10)8-4-1-5-9-12/h1-9H2. The van der Waals surface area contributed by atoms with Crippen molar-refractivity contribution < 1.29 is 19.1 Å². The molecule has 1 saturated carbocycles. The van der Waals surface area contributed by atoms with Crippen molar-refractivity contribution >= 4 is 11.9 Å². The van der Waals surface area contributed by atoms with Crippen LogP contribution in [0.4, 0.5) is 0 Å². The van der Waals surface area contributed by atoms with Crippen LogP contribution in [0.15, 0.2) is 0 Å². The summed E-state index contributed by atoms with van der Waals surface area (Å²) < 4.78 is 10.8. The molecule has 0 atom stereocenters. The van der Waals surface area contributed by atoms with E-state index in [2.05, 4.69) is 0 Å². The highest BCUT2D eigenvalue weighted by molar-refractivity contribution is 5.73. The zero-order valence-corrected chi connectivity index (χ0v) is 9.50. The second-order valence-electron chi connectivity index (χ2n) is 4.63. The van der Waals surface area contributed by atoms with Gasteiger partial charge in [-0.25, -0.2) is 0 Å². The van der Waals surface area contributed by atoms with Gasteiger partial charge in [0.15, 0.2) is 0 Å². The molecule has 90 valence electrons. The Bertz CT molecular complexity index is 257. The molecule has 1 aliphatic carbocycles. The van der Waals surface area contributed by atoms with Gasteiger partial charge in [0.25, 0.3) is 5.79 Å². The fourth-order valence-electron chi connectivity index (χ4n) is 2.37. The van der Waals surface area contributed by atoms with Crippen molar-refractivity contribution in [2.45, 2.75) is 63.6 Å². The summed E-state index contributed by atoms with van der Waals surface area (Å²) in [5, 5.41) is 0. The first-order chi connectivity index (χ1) is 7.70. The molecule has 2 aliphatic rings. The summed E-state index contributed by atoms with van der Waals surface area (Å²) in [5.41, 5.74) is 0. The molecule has 0 bridgehead atoms. The number of hydrogen-bond acceptors (Lipinski definition) is 4. The highest BCUT2D eigenvalue weighted by atomic mass is 16.7. The Kier molecular flexibility index (Phi) is 3.46. The van der Waals surface area contributed by atoms with Crippen molar-refractivity contribution in [3.63, 3.8) is 0 Å². The van der Waals surface area contributed by atoms with Gasteiger partial charge in [0.1, 0.15) is 0 Å². The van der Waals surface area contributed by atoms with Crippen molar-refractivity contribution in [1.82, 2.24) is 0 Å². The molecule has 4 heteroatoms. The van der Waals surface area contributed by atoms with E-state index in [0.717, 1.165) is 19.3 Å². The SMILES string of the molecule is O=C1CCCCC(=O)OC2(CCCCC2)O1. The first-order valence-corrected chi connectivity index (χ1v) is 6.14. The Hall–Kier alpha value is -1.06. The first kappa shape index (κ1) is 11.4. The van der Waals surface area contributed by atoms with E-state index in [1.807, 2.05) is 0 Å². The third-order valence-corrected chi connectivity index (χ3v) is 3.23. The van der Waals surface area contributed by atoms with Gasteiger partial charge in [-0.3, -0.25) is 9.59 Å². The summed E-state index contributed by atoms with van der Waals surface area (Å²) in [5.74, 6) is -1.38. The largest absolute Gasteiger partial charge is 0.422 e. The Morgan fingerprint density at radius 2 is 1.25 bits per heavy atom. The predicted octanol–water partition coefficient (Wildman–Crippen LogP) is 2.31. The van der Waals surface area contributed by atoms with Crippen molar-refractivity contribution in [1.29, 1.82) is 0 Å². The van der Waals surface area contributed by atoms with Gasteiger partial charge < -0.3 is 9.47 Å². The smallest absolute Gasteiger partial charge is 0.309 e. The lowest BCUT2D eigenvalue weighted by Gasteiger charge is -2.35. The molecule has 1 saturated heterocycles. The second-order valence-corrected chi connectivity index (χ2v) is 4.63. The van der Waals surface area contributed by atoms with Crippen molar-refractivity contribution in [2.75, 3.05) is 0 Å². The van der Waals surface area contributed by atoms with E-state index in [9.17, 15) is 9.59 Å². The number of hydrogen-bond donors (Lipinski definition) is 0. The number of rotatable bonds is 0. The Balaban J connectivity index is 2.10. The summed E-state index contributed by atoms with van der Waals surface area (Å²) in [6.45, 7) is 0. The number of esters is 2. The molecule has 0 aromatic carbocycles. The van der Waals surface area contributed by atoms with E-state index in [1.165, 1.54) is 0 Å². The topological polar surface area (TPSA) is 52.6 Å². The van der Waals surface area contributed by atoms with Crippen LogP contribution in [-0.4, -0.2) is 17.7 Å². The summed E-state index contributed by atoms with van der Waals surface area (Å²) in [4.78, 5) is 23.1. The fourth-order valence-corrected chi connectivity index (χ4v) is 2.37. The molecule has 0 aromatic heterocycles. The van der Waals surface area contributed by atoms with Crippen LogP contribution in [0.5, 0.6) is 0 Å². The lowest BCUT2D eigenvalue weighted by atomic mass is 9.94. The van der Waals surface area contributed by atoms with Gasteiger partial charge >= 0.3 is 11.9 Å². The van der Waals surface area contributed by atoms with Crippen LogP contribution >= 0.6 is 0 Å². The van der Waals surface area contributed by atoms with Crippen LogP contribution in [0.1, 0.15) is 57.8 Å². The third kappa shape index (κ3) is 2.74. The zero-order chi connectivity index (χ0) is 11.4. The summed E-state index contributed by atoms with van der Waals surface area (Å²) in [6.07, 6.45) is 6.58. The molecule has 0 N–H and O–H groups in total.